The summed E-state index contributed by atoms with van der Waals surface area (Å²) in [6.07, 6.45) is -5.63. The highest BCUT2D eigenvalue weighted by molar-refractivity contribution is 5.80. The largest absolute Gasteiger partial charge is 0.479 e. The average Bonchev–Trinajstić information content (AvgIpc) is 2.36. The van der Waals surface area contributed by atoms with E-state index in [4.69, 9.17) is 5.11 Å². The van der Waals surface area contributed by atoms with Crippen molar-refractivity contribution >= 4 is 11.7 Å². The molecule has 2 atom stereocenters. The number of rotatable bonds is 5. The van der Waals surface area contributed by atoms with Gasteiger partial charge in [0.15, 0.2) is 0 Å². The molecule has 2 unspecified atom stereocenters. The third-order valence-corrected chi connectivity index (χ3v) is 3.40. The number of nitrogens with zero attached hydrogens (tertiary/aromatic N) is 1. The lowest BCUT2D eigenvalue weighted by Crippen LogP contribution is -2.57. The predicted octanol–water partition coefficient (Wildman–Crippen LogP) is 2.85. The number of nitro benzene ring substituents is 1. The Balaban J connectivity index is 3.76. The quantitative estimate of drug-likeness (QED) is 0.488. The number of aliphatic carboxylic acids is 1. The minimum absolute atomic E-state index is 0.433. The van der Waals surface area contributed by atoms with Crippen LogP contribution in [0.2, 0.25) is 0 Å². The fourth-order valence-electron chi connectivity index (χ4n) is 2.44. The molecule has 0 aromatic heterocycles. The van der Waals surface area contributed by atoms with E-state index in [0.29, 0.717) is 18.2 Å². The predicted molar refractivity (Wildman–Crippen MR) is 69.3 cm³/mol. The van der Waals surface area contributed by atoms with Crippen LogP contribution in [-0.4, -0.2) is 32.9 Å². The number of carbonyl (C=O) groups is 1. The van der Waals surface area contributed by atoms with Crippen LogP contribution in [0.15, 0.2) is 18.2 Å². The Kier molecular flexibility index (Phi) is 5.00. The second kappa shape index (κ2) is 6.11. The van der Waals surface area contributed by atoms with Crippen LogP contribution in [-0.2, 0) is 4.79 Å². The topological polar surface area (TPSA) is 101 Å². The first-order valence-electron chi connectivity index (χ1n) is 6.30. The van der Waals surface area contributed by atoms with E-state index in [-0.39, 0.29) is 0 Å². The molecule has 128 valence electrons. The third-order valence-electron chi connectivity index (χ3n) is 3.40. The van der Waals surface area contributed by atoms with Crippen LogP contribution in [0.3, 0.4) is 0 Å². The van der Waals surface area contributed by atoms with Crippen LogP contribution >= 0.6 is 0 Å². The summed E-state index contributed by atoms with van der Waals surface area (Å²) >= 11 is 0. The minimum Gasteiger partial charge on any atom is -0.479 e. The second-order valence-corrected chi connectivity index (χ2v) is 5.25. The molecule has 1 aromatic carbocycles. The molecule has 23 heavy (non-hydrogen) atoms. The van der Waals surface area contributed by atoms with E-state index in [0.717, 1.165) is 13.8 Å². The maximum atomic E-state index is 13.4. The van der Waals surface area contributed by atoms with E-state index in [1.165, 1.54) is 0 Å². The van der Waals surface area contributed by atoms with Crippen LogP contribution in [0.5, 0.6) is 0 Å². The normalized spacial score (nSPS) is 16.0. The van der Waals surface area contributed by atoms with E-state index < -0.39 is 51.6 Å². The molecule has 0 heterocycles. The summed E-state index contributed by atoms with van der Waals surface area (Å²) in [6.45, 7) is 2.28. The van der Waals surface area contributed by atoms with Gasteiger partial charge in [0.25, 0.3) is 11.3 Å². The Morgan fingerprint density at radius 2 is 1.83 bits per heavy atom. The SMILES string of the molecule is CC(C)C(c1cc(F)ccc1[N+](=O)[O-])C(O)(C(=O)O)C(F)(F)F. The maximum Gasteiger partial charge on any atom is 0.428 e. The zero-order valence-electron chi connectivity index (χ0n) is 12.0. The van der Waals surface area contributed by atoms with Crippen molar-refractivity contribution in [2.45, 2.75) is 31.5 Å². The van der Waals surface area contributed by atoms with Crippen LogP contribution < -0.4 is 0 Å². The van der Waals surface area contributed by atoms with Crippen molar-refractivity contribution < 1.29 is 37.5 Å². The number of carboxylic acid groups (broad SMARTS) is 1. The fourth-order valence-corrected chi connectivity index (χ4v) is 2.44. The highest BCUT2D eigenvalue weighted by Gasteiger charge is 2.66. The summed E-state index contributed by atoms with van der Waals surface area (Å²) in [5.41, 5.74) is -6.05. The Labute approximate surface area is 127 Å². The first-order valence-corrected chi connectivity index (χ1v) is 6.30. The number of halogens is 4. The summed E-state index contributed by atoms with van der Waals surface area (Å²) in [5.74, 6) is -7.19. The highest BCUT2D eigenvalue weighted by atomic mass is 19.4. The lowest BCUT2D eigenvalue weighted by atomic mass is 9.74. The van der Waals surface area contributed by atoms with Crippen LogP contribution in [0.1, 0.15) is 25.3 Å². The number of benzene rings is 1. The molecule has 1 rings (SSSR count). The smallest absolute Gasteiger partial charge is 0.428 e. The summed E-state index contributed by atoms with van der Waals surface area (Å²) in [5, 5.41) is 29.7. The number of carboxylic acids is 1. The van der Waals surface area contributed by atoms with Gasteiger partial charge in [0.05, 0.1) is 4.92 Å². The Morgan fingerprint density at radius 1 is 1.30 bits per heavy atom. The van der Waals surface area contributed by atoms with Gasteiger partial charge >= 0.3 is 12.1 Å². The lowest BCUT2D eigenvalue weighted by molar-refractivity contribution is -0.386. The van der Waals surface area contributed by atoms with Crippen LogP contribution in [0.4, 0.5) is 23.2 Å². The fraction of sp³-hybridized carbons (Fsp3) is 0.462. The van der Waals surface area contributed by atoms with Gasteiger partial charge in [-0.05, 0) is 18.1 Å². The van der Waals surface area contributed by atoms with Crippen LogP contribution in [0, 0.1) is 21.8 Å². The molecule has 1 aromatic rings. The second-order valence-electron chi connectivity index (χ2n) is 5.25. The number of alkyl halides is 3. The van der Waals surface area contributed by atoms with E-state index in [1.54, 1.807) is 0 Å². The van der Waals surface area contributed by atoms with Crippen molar-refractivity contribution in [2.75, 3.05) is 0 Å². The molecule has 10 heteroatoms. The molecule has 0 radical (unpaired) electrons. The monoisotopic (exact) mass is 339 g/mol. The van der Waals surface area contributed by atoms with Gasteiger partial charge in [-0.15, -0.1) is 0 Å². The zero-order chi connectivity index (χ0) is 18.2. The maximum absolute atomic E-state index is 13.4. The number of hydrogen-bond acceptors (Lipinski definition) is 4. The van der Waals surface area contributed by atoms with Crippen molar-refractivity contribution in [2.24, 2.45) is 5.92 Å². The molecule has 6 nitrogen and oxygen atoms in total. The molecule has 0 fully saturated rings. The molecule has 0 amide bonds. The average molecular weight is 339 g/mol. The van der Waals surface area contributed by atoms with E-state index in [1.807, 2.05) is 0 Å². The molecule has 0 aliphatic rings. The summed E-state index contributed by atoms with van der Waals surface area (Å²) in [4.78, 5) is 21.0. The minimum atomic E-state index is -5.63. The van der Waals surface area contributed by atoms with Gasteiger partial charge in [-0.1, -0.05) is 13.8 Å². The molecular formula is C13H13F4NO5. The van der Waals surface area contributed by atoms with Crippen LogP contribution in [0.25, 0.3) is 0 Å². The lowest BCUT2D eigenvalue weighted by Gasteiger charge is -2.36. The van der Waals surface area contributed by atoms with Gasteiger partial charge in [-0.2, -0.15) is 13.2 Å². The van der Waals surface area contributed by atoms with Crippen molar-refractivity contribution in [3.8, 4) is 0 Å². The van der Waals surface area contributed by atoms with E-state index in [9.17, 15) is 37.6 Å². The molecule has 0 spiro atoms. The van der Waals surface area contributed by atoms with Gasteiger partial charge in [-0.3, -0.25) is 10.1 Å². The number of aliphatic hydroxyl groups is 1. The molecular weight excluding hydrogens is 326 g/mol. The highest BCUT2D eigenvalue weighted by Crippen LogP contribution is 2.47. The van der Waals surface area contributed by atoms with E-state index >= 15 is 0 Å². The first kappa shape index (κ1) is 18.8. The van der Waals surface area contributed by atoms with Gasteiger partial charge in [0.1, 0.15) is 5.82 Å². The van der Waals surface area contributed by atoms with E-state index in [2.05, 4.69) is 0 Å². The third kappa shape index (κ3) is 3.26. The summed E-state index contributed by atoms with van der Waals surface area (Å²) in [6, 6.07) is 1.72. The van der Waals surface area contributed by atoms with Crippen molar-refractivity contribution in [1.82, 2.24) is 0 Å². The Morgan fingerprint density at radius 3 is 2.17 bits per heavy atom. The summed E-state index contributed by atoms with van der Waals surface area (Å²) in [7, 11) is 0. The number of nitro groups is 1. The molecule has 2 N–H and O–H groups in total. The Bertz CT molecular complexity index is 631. The summed E-state index contributed by atoms with van der Waals surface area (Å²) < 4.78 is 53.0. The Hall–Kier alpha value is -2.23. The molecule has 0 saturated heterocycles. The molecule has 0 aliphatic heterocycles. The first-order chi connectivity index (χ1) is 10.3. The van der Waals surface area contributed by atoms with Gasteiger partial charge < -0.3 is 10.2 Å². The van der Waals surface area contributed by atoms with Crippen molar-refractivity contribution in [1.29, 1.82) is 0 Å². The molecule has 0 aliphatic carbocycles. The van der Waals surface area contributed by atoms with Gasteiger partial charge in [0, 0.05) is 17.5 Å². The van der Waals surface area contributed by atoms with Crippen molar-refractivity contribution in [3.05, 3.63) is 39.7 Å². The standard InChI is InChI=1S/C13H13F4NO5/c1-6(2)10(12(21,11(19)20)13(15,16)17)8-5-7(14)3-4-9(8)18(22)23/h3-6,10,21H,1-2H3,(H,19,20). The zero-order valence-corrected chi connectivity index (χ0v) is 12.0. The van der Waals surface area contributed by atoms with Crippen molar-refractivity contribution in [3.63, 3.8) is 0 Å². The number of hydrogen-bond donors (Lipinski definition) is 2. The van der Waals surface area contributed by atoms with Gasteiger partial charge in [0.2, 0.25) is 0 Å². The molecule has 0 bridgehead atoms. The molecule has 0 saturated carbocycles. The van der Waals surface area contributed by atoms with Gasteiger partial charge in [-0.25, -0.2) is 9.18 Å².